The Bertz CT molecular complexity index is 1280. The van der Waals surface area contributed by atoms with Gasteiger partial charge in [0.15, 0.2) is 0 Å². The quantitative estimate of drug-likeness (QED) is 0.202. The highest BCUT2D eigenvalue weighted by atomic mass is 32.2. The average Bonchev–Trinajstić information content (AvgIpc) is 3.71. The maximum absolute atomic E-state index is 14.1. The first kappa shape index (κ1) is 38.1. The summed E-state index contributed by atoms with van der Waals surface area (Å²) in [4.78, 5) is 68.4. The smallest absolute Gasteiger partial charge is 0.315 e. The number of nitrogens with one attached hydrogen (secondary N) is 4. The number of nitrogens with zero attached hydrogens (tertiary/aromatic N) is 2. The molecule has 2 saturated carbocycles. The molecule has 5 amide bonds. The third kappa shape index (κ3) is 10.1. The molecule has 272 valence electrons. The van der Waals surface area contributed by atoms with Gasteiger partial charge >= 0.3 is 6.03 Å². The van der Waals surface area contributed by atoms with E-state index in [-0.39, 0.29) is 11.8 Å². The van der Waals surface area contributed by atoms with Crippen molar-refractivity contribution in [2.24, 2.45) is 5.41 Å². The molecule has 2 aliphatic carbocycles. The van der Waals surface area contributed by atoms with Gasteiger partial charge in [0.25, 0.3) is 5.91 Å². The summed E-state index contributed by atoms with van der Waals surface area (Å²) in [5.41, 5.74) is -1.68. The fourth-order valence-electron chi connectivity index (χ4n) is 7.23. The first-order chi connectivity index (χ1) is 22.7. The fraction of sp³-hybridized carbons (Fsp3) is 0.853. The summed E-state index contributed by atoms with van der Waals surface area (Å²) in [6.07, 6.45) is 10.7. The molecule has 14 heteroatoms. The van der Waals surface area contributed by atoms with Crippen LogP contribution in [0.3, 0.4) is 0 Å². The number of ketones is 1. The highest BCUT2D eigenvalue weighted by Crippen LogP contribution is 2.32. The molecule has 0 bridgehead atoms. The SMILES string of the molecule is CCCCC(NC(=O)[C@@H]1CCCN1C(=O)[C@@H](NC(=O)NC1(CS(=O)(=O)N2CCCCC2)CCCCC1)C(C)(C)C)C(=O)C(=O)NC1CC1. The molecule has 3 atom stereocenters. The molecule has 48 heavy (non-hydrogen) atoms. The van der Waals surface area contributed by atoms with Gasteiger partial charge in [-0.2, -0.15) is 0 Å². The molecular weight excluding hydrogens is 636 g/mol. The number of hydrogen-bond donors (Lipinski definition) is 4. The zero-order valence-corrected chi connectivity index (χ0v) is 30.2. The van der Waals surface area contributed by atoms with Gasteiger partial charge < -0.3 is 26.2 Å². The largest absolute Gasteiger partial charge is 0.347 e. The number of amides is 5. The van der Waals surface area contributed by atoms with Crippen molar-refractivity contribution in [2.75, 3.05) is 25.4 Å². The van der Waals surface area contributed by atoms with Crippen molar-refractivity contribution in [3.8, 4) is 0 Å². The van der Waals surface area contributed by atoms with Crippen LogP contribution >= 0.6 is 0 Å². The van der Waals surface area contributed by atoms with Crippen molar-refractivity contribution in [1.82, 2.24) is 30.5 Å². The summed E-state index contributed by atoms with van der Waals surface area (Å²) in [5.74, 6) is -2.45. The van der Waals surface area contributed by atoms with E-state index in [9.17, 15) is 32.4 Å². The second-order valence-corrected chi connectivity index (χ2v) is 17.4. The Kier molecular flexibility index (Phi) is 12.9. The van der Waals surface area contributed by atoms with Gasteiger partial charge in [-0.1, -0.05) is 66.2 Å². The Balaban J connectivity index is 1.45. The predicted molar refractivity (Wildman–Crippen MR) is 182 cm³/mol. The van der Waals surface area contributed by atoms with E-state index >= 15 is 0 Å². The van der Waals surface area contributed by atoms with Gasteiger partial charge in [0.05, 0.1) is 17.3 Å². The lowest BCUT2D eigenvalue weighted by molar-refractivity contribution is -0.143. The third-order valence-electron chi connectivity index (χ3n) is 10.2. The molecule has 0 aromatic rings. The van der Waals surface area contributed by atoms with E-state index in [0.29, 0.717) is 58.2 Å². The van der Waals surface area contributed by atoms with Crippen molar-refractivity contribution in [1.29, 1.82) is 0 Å². The zero-order chi connectivity index (χ0) is 35.1. The Morgan fingerprint density at radius 2 is 1.50 bits per heavy atom. The Hall–Kier alpha value is -2.74. The summed E-state index contributed by atoms with van der Waals surface area (Å²) in [6, 6.07) is -3.44. The van der Waals surface area contributed by atoms with Gasteiger partial charge in [-0.25, -0.2) is 17.5 Å². The molecule has 4 fully saturated rings. The number of sulfonamides is 1. The minimum absolute atomic E-state index is 0.0121. The van der Waals surface area contributed by atoms with Gasteiger partial charge in [-0.15, -0.1) is 0 Å². The number of carbonyl (C=O) groups excluding carboxylic acids is 5. The second-order valence-electron chi connectivity index (χ2n) is 15.5. The van der Waals surface area contributed by atoms with Gasteiger partial charge in [0.1, 0.15) is 12.1 Å². The van der Waals surface area contributed by atoms with Gasteiger partial charge in [0.2, 0.25) is 27.6 Å². The lowest BCUT2D eigenvalue weighted by atomic mass is 9.83. The first-order valence-electron chi connectivity index (χ1n) is 18.2. The van der Waals surface area contributed by atoms with Crippen LogP contribution in [-0.4, -0.2) is 102 Å². The maximum atomic E-state index is 14.1. The molecule has 4 rings (SSSR count). The Morgan fingerprint density at radius 3 is 2.10 bits per heavy atom. The van der Waals surface area contributed by atoms with Crippen molar-refractivity contribution in [3.63, 3.8) is 0 Å². The molecule has 13 nitrogen and oxygen atoms in total. The van der Waals surface area contributed by atoms with Crippen LogP contribution in [0.2, 0.25) is 0 Å². The number of unbranched alkanes of at least 4 members (excludes halogenated alkanes) is 1. The van der Waals surface area contributed by atoms with E-state index in [0.717, 1.165) is 57.8 Å². The van der Waals surface area contributed by atoms with Crippen molar-refractivity contribution in [2.45, 2.75) is 154 Å². The number of Topliss-reactive ketones (excluding diaryl/α,β-unsaturated/α-hetero) is 1. The molecular formula is C34H58N6O7S. The summed E-state index contributed by atoms with van der Waals surface area (Å²) in [7, 11) is -3.60. The van der Waals surface area contributed by atoms with E-state index in [1.807, 2.05) is 27.7 Å². The van der Waals surface area contributed by atoms with Crippen LogP contribution in [0.4, 0.5) is 4.79 Å². The van der Waals surface area contributed by atoms with E-state index in [1.165, 1.54) is 4.90 Å². The highest BCUT2D eigenvalue weighted by molar-refractivity contribution is 7.89. The standard InChI is InChI=1S/C34H58N6O7S/c1-5-6-14-25(27(41)30(43)35-24-16-17-24)36-29(42)26-15-13-22-40(26)31(44)28(33(2,3)4)37-32(45)38-34(18-9-7-10-19-34)23-48(46,47)39-20-11-8-12-21-39/h24-26,28H,5-23H2,1-4H3,(H,35,43)(H,36,42)(H2,37,38,45)/t25?,26-,28+/m0/s1. The lowest BCUT2D eigenvalue weighted by Gasteiger charge is -2.41. The monoisotopic (exact) mass is 694 g/mol. The molecule has 0 spiro atoms. The van der Waals surface area contributed by atoms with Crippen LogP contribution in [0.1, 0.15) is 124 Å². The minimum atomic E-state index is -3.60. The predicted octanol–water partition coefficient (Wildman–Crippen LogP) is 2.73. The van der Waals surface area contributed by atoms with E-state index in [2.05, 4.69) is 21.3 Å². The number of hydrogen-bond acceptors (Lipinski definition) is 7. The van der Waals surface area contributed by atoms with E-state index in [4.69, 9.17) is 0 Å². The van der Waals surface area contributed by atoms with Crippen molar-refractivity contribution < 1.29 is 32.4 Å². The highest BCUT2D eigenvalue weighted by Gasteiger charge is 2.45. The van der Waals surface area contributed by atoms with E-state index < -0.39 is 68.6 Å². The van der Waals surface area contributed by atoms with Crippen LogP contribution in [0.5, 0.6) is 0 Å². The lowest BCUT2D eigenvalue weighted by Crippen LogP contribution is -2.63. The zero-order valence-electron chi connectivity index (χ0n) is 29.4. The van der Waals surface area contributed by atoms with Crippen LogP contribution in [-0.2, 0) is 29.2 Å². The number of likely N-dealkylation sites (tertiary alicyclic amines) is 1. The summed E-state index contributed by atoms with van der Waals surface area (Å²) < 4.78 is 28.5. The molecule has 0 aromatic carbocycles. The molecule has 4 N–H and O–H groups in total. The molecule has 0 aromatic heterocycles. The molecule has 2 heterocycles. The average molecular weight is 695 g/mol. The van der Waals surface area contributed by atoms with Gasteiger partial charge in [0, 0.05) is 25.7 Å². The molecule has 2 saturated heterocycles. The van der Waals surface area contributed by atoms with Gasteiger partial charge in [-0.3, -0.25) is 19.2 Å². The number of urea groups is 1. The first-order valence-corrected chi connectivity index (χ1v) is 19.8. The van der Waals surface area contributed by atoms with E-state index in [1.54, 1.807) is 4.31 Å². The fourth-order valence-corrected chi connectivity index (χ4v) is 9.29. The van der Waals surface area contributed by atoms with Crippen LogP contribution in [0.25, 0.3) is 0 Å². The van der Waals surface area contributed by atoms with Gasteiger partial charge in [-0.05, 0) is 63.2 Å². The Labute approximate surface area is 286 Å². The second kappa shape index (κ2) is 16.3. The normalized spacial score (nSPS) is 23.1. The van der Waals surface area contributed by atoms with Crippen molar-refractivity contribution in [3.05, 3.63) is 0 Å². The maximum Gasteiger partial charge on any atom is 0.315 e. The Morgan fingerprint density at radius 1 is 0.854 bits per heavy atom. The van der Waals surface area contributed by atoms with Crippen LogP contribution in [0.15, 0.2) is 0 Å². The summed E-state index contributed by atoms with van der Waals surface area (Å²) >= 11 is 0. The summed E-state index contributed by atoms with van der Waals surface area (Å²) in [6.45, 7) is 8.75. The number of carbonyl (C=O) groups is 5. The summed E-state index contributed by atoms with van der Waals surface area (Å²) in [5, 5.41) is 11.4. The number of piperidine rings is 1. The number of rotatable bonds is 14. The molecule has 2 aliphatic heterocycles. The molecule has 0 radical (unpaired) electrons. The molecule has 4 aliphatic rings. The van der Waals surface area contributed by atoms with Crippen molar-refractivity contribution >= 4 is 39.6 Å². The third-order valence-corrected chi connectivity index (χ3v) is 12.3. The molecule has 1 unspecified atom stereocenters. The minimum Gasteiger partial charge on any atom is -0.347 e. The topological polar surface area (TPSA) is 174 Å². The van der Waals surface area contributed by atoms with Crippen LogP contribution in [0, 0.1) is 5.41 Å². The van der Waals surface area contributed by atoms with Crippen LogP contribution < -0.4 is 21.3 Å².